The van der Waals surface area contributed by atoms with Gasteiger partial charge in [0, 0.05) is 38.0 Å². The van der Waals surface area contributed by atoms with Crippen molar-refractivity contribution in [3.8, 4) is 0 Å². The molecule has 0 amide bonds. The van der Waals surface area contributed by atoms with E-state index in [2.05, 4.69) is 34.5 Å². The molecule has 7 heteroatoms. The molecule has 4 nitrogen and oxygen atoms in total. The van der Waals surface area contributed by atoms with Gasteiger partial charge < -0.3 is 15.5 Å². The lowest BCUT2D eigenvalue weighted by atomic mass is 10.1. The Balaban J connectivity index is 0.00000312. The topological polar surface area (TPSA) is 39.7 Å². The van der Waals surface area contributed by atoms with Gasteiger partial charge in [-0.2, -0.15) is 11.8 Å². The first-order valence-corrected chi connectivity index (χ1v) is 9.51. The van der Waals surface area contributed by atoms with Crippen LogP contribution in [0, 0.1) is 5.82 Å². The molecular formula is C18H30FIN4S. The van der Waals surface area contributed by atoms with Crippen LogP contribution in [0.25, 0.3) is 0 Å². The molecule has 1 saturated heterocycles. The van der Waals surface area contributed by atoms with Crippen LogP contribution >= 0.6 is 35.7 Å². The van der Waals surface area contributed by atoms with Crippen LogP contribution in [-0.4, -0.2) is 55.1 Å². The van der Waals surface area contributed by atoms with E-state index in [0.717, 1.165) is 37.7 Å². The van der Waals surface area contributed by atoms with Gasteiger partial charge in [0.2, 0.25) is 0 Å². The van der Waals surface area contributed by atoms with Crippen LogP contribution in [-0.2, 0) is 6.54 Å². The monoisotopic (exact) mass is 480 g/mol. The lowest BCUT2D eigenvalue weighted by molar-refractivity contribution is 0.331. The summed E-state index contributed by atoms with van der Waals surface area (Å²) in [6, 6.07) is 6.68. The molecule has 1 aliphatic rings. The van der Waals surface area contributed by atoms with Crippen molar-refractivity contribution in [1.82, 2.24) is 15.5 Å². The summed E-state index contributed by atoms with van der Waals surface area (Å²) in [5, 5.41) is 6.80. The van der Waals surface area contributed by atoms with Crippen molar-refractivity contribution in [2.75, 3.05) is 39.5 Å². The third-order valence-corrected chi connectivity index (χ3v) is 5.84. The average molecular weight is 480 g/mol. The molecule has 1 heterocycles. The number of aliphatic imine (C=N–C) groups is 1. The van der Waals surface area contributed by atoms with Crippen LogP contribution in [0.5, 0.6) is 0 Å². The lowest BCUT2D eigenvalue weighted by Crippen LogP contribution is -2.45. The van der Waals surface area contributed by atoms with E-state index in [1.807, 2.05) is 30.9 Å². The number of guanidine groups is 1. The van der Waals surface area contributed by atoms with Gasteiger partial charge in [-0.15, -0.1) is 24.0 Å². The number of thioether (sulfide) groups is 1. The van der Waals surface area contributed by atoms with Gasteiger partial charge in [0.15, 0.2) is 5.96 Å². The van der Waals surface area contributed by atoms with Crippen LogP contribution in [0.3, 0.4) is 0 Å². The first kappa shape index (κ1) is 22.5. The Morgan fingerprint density at radius 3 is 2.64 bits per heavy atom. The Bertz CT molecular complexity index is 532. The third kappa shape index (κ3) is 8.13. The highest BCUT2D eigenvalue weighted by Gasteiger charge is 2.29. The van der Waals surface area contributed by atoms with Crippen molar-refractivity contribution in [2.45, 2.75) is 31.1 Å². The zero-order valence-electron chi connectivity index (χ0n) is 15.3. The summed E-state index contributed by atoms with van der Waals surface area (Å²) in [5.74, 6) is 1.93. The molecule has 1 aliphatic heterocycles. The molecule has 2 rings (SSSR count). The summed E-state index contributed by atoms with van der Waals surface area (Å²) in [4.78, 5) is 6.51. The van der Waals surface area contributed by atoms with E-state index in [1.165, 1.54) is 30.7 Å². The Morgan fingerprint density at radius 1 is 1.32 bits per heavy atom. The van der Waals surface area contributed by atoms with E-state index in [9.17, 15) is 4.39 Å². The van der Waals surface area contributed by atoms with Crippen molar-refractivity contribution in [2.24, 2.45) is 4.99 Å². The number of hydrogen-bond donors (Lipinski definition) is 2. The van der Waals surface area contributed by atoms with E-state index in [0.29, 0.717) is 4.75 Å². The molecule has 1 aromatic rings. The van der Waals surface area contributed by atoms with E-state index in [1.54, 1.807) is 0 Å². The SMILES string of the molecule is CN=C(NCCN(C)Cc1ccc(F)cc1)NCC1(C)CCCS1.I. The summed E-state index contributed by atoms with van der Waals surface area (Å²) < 4.78 is 13.3. The highest BCUT2D eigenvalue weighted by molar-refractivity contribution is 14.0. The van der Waals surface area contributed by atoms with E-state index in [-0.39, 0.29) is 29.8 Å². The first-order valence-electron chi connectivity index (χ1n) is 8.52. The summed E-state index contributed by atoms with van der Waals surface area (Å²) >= 11 is 2.05. The van der Waals surface area contributed by atoms with E-state index >= 15 is 0 Å². The van der Waals surface area contributed by atoms with Gasteiger partial charge in [-0.25, -0.2) is 4.39 Å². The lowest BCUT2D eigenvalue weighted by Gasteiger charge is -2.24. The standard InChI is InChI=1S/C18H29FN4S.HI/c1-18(9-4-12-24-18)14-22-17(20-2)21-10-11-23(3)13-15-5-7-16(19)8-6-15;/h5-8H,4,9-14H2,1-3H3,(H2,20,21,22);1H. The summed E-state index contributed by atoms with van der Waals surface area (Å²) in [7, 11) is 3.87. The number of likely N-dealkylation sites (N-methyl/N-ethyl adjacent to an activating group) is 1. The molecule has 142 valence electrons. The van der Waals surface area contributed by atoms with Gasteiger partial charge in [0.05, 0.1) is 0 Å². The number of benzene rings is 1. The van der Waals surface area contributed by atoms with Crippen molar-refractivity contribution in [1.29, 1.82) is 0 Å². The molecule has 0 aromatic heterocycles. The fourth-order valence-electron chi connectivity index (χ4n) is 2.81. The predicted octanol–water partition coefficient (Wildman–Crippen LogP) is 3.33. The van der Waals surface area contributed by atoms with Gasteiger partial charge in [0.1, 0.15) is 5.82 Å². The summed E-state index contributed by atoms with van der Waals surface area (Å²) in [6.07, 6.45) is 2.57. The number of rotatable bonds is 7. The molecule has 0 radical (unpaired) electrons. The van der Waals surface area contributed by atoms with Gasteiger partial charge in [-0.3, -0.25) is 4.99 Å². The molecule has 0 bridgehead atoms. The number of nitrogens with one attached hydrogen (secondary N) is 2. The first-order chi connectivity index (χ1) is 11.5. The van der Waals surface area contributed by atoms with Gasteiger partial charge in [0.25, 0.3) is 0 Å². The minimum absolute atomic E-state index is 0. The van der Waals surface area contributed by atoms with Gasteiger partial charge in [-0.1, -0.05) is 12.1 Å². The Kier molecular flexibility index (Phi) is 10.1. The maximum Gasteiger partial charge on any atom is 0.191 e. The molecule has 1 atom stereocenters. The third-order valence-electron chi connectivity index (χ3n) is 4.31. The van der Waals surface area contributed by atoms with Crippen LogP contribution in [0.1, 0.15) is 25.3 Å². The number of halogens is 2. The normalized spacial score (nSPS) is 20.4. The van der Waals surface area contributed by atoms with Gasteiger partial charge in [-0.05, 0) is 50.3 Å². The summed E-state index contributed by atoms with van der Waals surface area (Å²) in [6.45, 7) is 5.79. The second-order valence-corrected chi connectivity index (χ2v) is 8.30. The predicted molar refractivity (Wildman–Crippen MR) is 118 cm³/mol. The van der Waals surface area contributed by atoms with Crippen molar-refractivity contribution >= 4 is 41.7 Å². The molecule has 2 N–H and O–H groups in total. The second kappa shape index (κ2) is 11.2. The zero-order valence-corrected chi connectivity index (χ0v) is 18.5. The molecule has 25 heavy (non-hydrogen) atoms. The molecule has 1 unspecified atom stereocenters. The minimum atomic E-state index is -0.188. The molecule has 0 saturated carbocycles. The molecule has 0 aliphatic carbocycles. The quantitative estimate of drug-likeness (QED) is 0.357. The molecule has 1 fully saturated rings. The maximum absolute atomic E-state index is 12.9. The highest BCUT2D eigenvalue weighted by atomic mass is 127. The van der Waals surface area contributed by atoms with Gasteiger partial charge >= 0.3 is 0 Å². The van der Waals surface area contributed by atoms with Crippen molar-refractivity contribution in [3.63, 3.8) is 0 Å². The fourth-order valence-corrected chi connectivity index (χ4v) is 4.06. The molecule has 1 aromatic carbocycles. The van der Waals surface area contributed by atoms with Crippen LogP contribution in [0.4, 0.5) is 4.39 Å². The van der Waals surface area contributed by atoms with Crippen molar-refractivity contribution < 1.29 is 4.39 Å². The maximum atomic E-state index is 12.9. The Labute approximate surface area is 172 Å². The minimum Gasteiger partial charge on any atom is -0.355 e. The Morgan fingerprint density at radius 2 is 2.04 bits per heavy atom. The average Bonchev–Trinajstić information content (AvgIpc) is 3.00. The van der Waals surface area contributed by atoms with E-state index in [4.69, 9.17) is 0 Å². The Hall–Kier alpha value is -0.540. The molecular weight excluding hydrogens is 450 g/mol. The summed E-state index contributed by atoms with van der Waals surface area (Å²) in [5.41, 5.74) is 1.12. The largest absolute Gasteiger partial charge is 0.355 e. The molecule has 0 spiro atoms. The van der Waals surface area contributed by atoms with Crippen molar-refractivity contribution in [3.05, 3.63) is 35.6 Å². The number of hydrogen-bond acceptors (Lipinski definition) is 3. The zero-order chi connectivity index (χ0) is 17.4. The fraction of sp³-hybridized carbons (Fsp3) is 0.611. The van der Waals surface area contributed by atoms with Crippen LogP contribution < -0.4 is 10.6 Å². The van der Waals surface area contributed by atoms with Crippen LogP contribution in [0.2, 0.25) is 0 Å². The second-order valence-electron chi connectivity index (χ2n) is 6.62. The number of nitrogens with zero attached hydrogens (tertiary/aromatic N) is 2. The smallest absolute Gasteiger partial charge is 0.191 e. The van der Waals surface area contributed by atoms with Crippen LogP contribution in [0.15, 0.2) is 29.3 Å². The highest BCUT2D eigenvalue weighted by Crippen LogP contribution is 2.36. The van der Waals surface area contributed by atoms with E-state index < -0.39 is 0 Å².